The average Bonchev–Trinajstić information content (AvgIpc) is 2.23. The van der Waals surface area contributed by atoms with E-state index in [-0.39, 0.29) is 11.4 Å². The van der Waals surface area contributed by atoms with Gasteiger partial charge < -0.3 is 11.1 Å². The van der Waals surface area contributed by atoms with Crippen molar-refractivity contribution < 1.29 is 4.79 Å². The van der Waals surface area contributed by atoms with Crippen LogP contribution in [0.3, 0.4) is 0 Å². The zero-order valence-electron chi connectivity index (χ0n) is 9.49. The summed E-state index contributed by atoms with van der Waals surface area (Å²) in [4.78, 5) is 16.1. The van der Waals surface area contributed by atoms with Crippen LogP contribution in [0.2, 0.25) is 0 Å². The van der Waals surface area contributed by atoms with Gasteiger partial charge in [-0.1, -0.05) is 6.07 Å². The Morgan fingerprint density at radius 2 is 2.31 bits per heavy atom. The van der Waals surface area contributed by atoms with Gasteiger partial charge in [0.2, 0.25) is 0 Å². The van der Waals surface area contributed by atoms with Crippen LogP contribution in [-0.2, 0) is 0 Å². The lowest BCUT2D eigenvalue weighted by Gasteiger charge is -2.41. The van der Waals surface area contributed by atoms with E-state index < -0.39 is 0 Å². The molecule has 0 aliphatic heterocycles. The summed E-state index contributed by atoms with van der Waals surface area (Å²) < 4.78 is 0. The molecular weight excluding hydrogens is 202 g/mol. The Labute approximate surface area is 95.3 Å². The van der Waals surface area contributed by atoms with Crippen molar-refractivity contribution in [3.63, 3.8) is 0 Å². The first kappa shape index (κ1) is 11.1. The highest BCUT2D eigenvalue weighted by molar-refractivity contribution is 5.92. The van der Waals surface area contributed by atoms with E-state index in [1.54, 1.807) is 6.07 Å². The van der Waals surface area contributed by atoms with Gasteiger partial charge in [0.1, 0.15) is 5.69 Å². The third-order valence-electron chi connectivity index (χ3n) is 3.20. The van der Waals surface area contributed by atoms with Crippen molar-refractivity contribution in [3.05, 3.63) is 29.6 Å². The monoisotopic (exact) mass is 219 g/mol. The largest absolute Gasteiger partial charge is 0.344 e. The van der Waals surface area contributed by atoms with Gasteiger partial charge in [0.05, 0.1) is 5.54 Å². The molecule has 1 heterocycles. The first-order valence-electron chi connectivity index (χ1n) is 5.61. The fourth-order valence-electron chi connectivity index (χ4n) is 1.96. The number of nitrogens with one attached hydrogen (secondary N) is 1. The highest BCUT2D eigenvalue weighted by atomic mass is 16.2. The standard InChI is InChI=1S/C12H17N3O/c1-9-4-2-5-10(14-9)11(16)15-12(8-13)6-3-7-12/h2,4-5H,3,6-8,13H2,1H3,(H,15,16). The van der Waals surface area contributed by atoms with Gasteiger partial charge in [-0.05, 0) is 38.3 Å². The Hall–Kier alpha value is -1.42. The number of carbonyl (C=O) groups excluding carboxylic acids is 1. The zero-order chi connectivity index (χ0) is 11.6. The normalized spacial score (nSPS) is 17.6. The zero-order valence-corrected chi connectivity index (χ0v) is 9.49. The molecule has 1 aromatic heterocycles. The third-order valence-corrected chi connectivity index (χ3v) is 3.20. The molecule has 1 aliphatic carbocycles. The highest BCUT2D eigenvalue weighted by Crippen LogP contribution is 2.30. The van der Waals surface area contributed by atoms with Crippen LogP contribution in [0.15, 0.2) is 18.2 Å². The van der Waals surface area contributed by atoms with E-state index in [4.69, 9.17) is 5.73 Å². The van der Waals surface area contributed by atoms with Crippen LogP contribution in [0.4, 0.5) is 0 Å². The van der Waals surface area contributed by atoms with E-state index in [1.165, 1.54) is 0 Å². The van der Waals surface area contributed by atoms with Crippen LogP contribution in [-0.4, -0.2) is 23.0 Å². The first-order valence-corrected chi connectivity index (χ1v) is 5.61. The number of pyridine rings is 1. The molecule has 0 spiro atoms. The molecule has 1 saturated carbocycles. The number of nitrogens with two attached hydrogens (primary N) is 1. The fourth-order valence-corrected chi connectivity index (χ4v) is 1.96. The van der Waals surface area contributed by atoms with E-state index >= 15 is 0 Å². The second kappa shape index (κ2) is 4.22. The molecule has 86 valence electrons. The van der Waals surface area contributed by atoms with Gasteiger partial charge in [-0.25, -0.2) is 4.98 Å². The molecule has 0 radical (unpaired) electrons. The van der Waals surface area contributed by atoms with E-state index in [2.05, 4.69) is 10.3 Å². The van der Waals surface area contributed by atoms with Gasteiger partial charge >= 0.3 is 0 Å². The van der Waals surface area contributed by atoms with E-state index in [1.807, 2.05) is 19.1 Å². The van der Waals surface area contributed by atoms with Crippen molar-refractivity contribution in [2.24, 2.45) is 5.73 Å². The lowest BCUT2D eigenvalue weighted by atomic mass is 9.76. The molecule has 3 N–H and O–H groups in total. The Bertz CT molecular complexity index is 393. The van der Waals surface area contributed by atoms with Crippen LogP contribution in [0.25, 0.3) is 0 Å². The molecule has 0 atom stereocenters. The molecule has 0 saturated heterocycles. The maximum atomic E-state index is 11.9. The Morgan fingerprint density at radius 1 is 1.56 bits per heavy atom. The average molecular weight is 219 g/mol. The van der Waals surface area contributed by atoms with Crippen molar-refractivity contribution >= 4 is 5.91 Å². The van der Waals surface area contributed by atoms with Crippen molar-refractivity contribution in [2.45, 2.75) is 31.7 Å². The minimum Gasteiger partial charge on any atom is -0.344 e. The number of carbonyl (C=O) groups is 1. The lowest BCUT2D eigenvalue weighted by Crippen LogP contribution is -2.58. The van der Waals surface area contributed by atoms with Crippen molar-refractivity contribution in [1.82, 2.24) is 10.3 Å². The molecule has 0 unspecified atom stereocenters. The number of amides is 1. The summed E-state index contributed by atoms with van der Waals surface area (Å²) in [5, 5.41) is 3.00. The second-order valence-electron chi connectivity index (χ2n) is 4.46. The van der Waals surface area contributed by atoms with Crippen LogP contribution >= 0.6 is 0 Å². The summed E-state index contributed by atoms with van der Waals surface area (Å²) in [5.74, 6) is -0.117. The van der Waals surface area contributed by atoms with Gasteiger partial charge in [0, 0.05) is 12.2 Å². The third kappa shape index (κ3) is 2.07. The van der Waals surface area contributed by atoms with Gasteiger partial charge in [-0.3, -0.25) is 4.79 Å². The molecule has 0 aromatic carbocycles. The number of rotatable bonds is 3. The Morgan fingerprint density at radius 3 is 2.81 bits per heavy atom. The summed E-state index contributed by atoms with van der Waals surface area (Å²) >= 11 is 0. The molecule has 1 aromatic rings. The van der Waals surface area contributed by atoms with Crippen molar-refractivity contribution in [3.8, 4) is 0 Å². The Kier molecular flexibility index (Phi) is 2.92. The minimum absolute atomic E-state index is 0.117. The van der Waals surface area contributed by atoms with E-state index in [9.17, 15) is 4.79 Å². The van der Waals surface area contributed by atoms with Crippen molar-refractivity contribution in [2.75, 3.05) is 6.54 Å². The quantitative estimate of drug-likeness (QED) is 0.797. The molecule has 4 heteroatoms. The smallest absolute Gasteiger partial charge is 0.270 e. The van der Waals surface area contributed by atoms with E-state index in [0.717, 1.165) is 25.0 Å². The summed E-state index contributed by atoms with van der Waals surface area (Å²) in [6.45, 7) is 2.38. The highest BCUT2D eigenvalue weighted by Gasteiger charge is 2.37. The first-order chi connectivity index (χ1) is 7.65. The maximum absolute atomic E-state index is 11.9. The van der Waals surface area contributed by atoms with Crippen LogP contribution in [0.1, 0.15) is 35.4 Å². The maximum Gasteiger partial charge on any atom is 0.270 e. The summed E-state index contributed by atoms with van der Waals surface area (Å²) in [6.07, 6.45) is 3.08. The molecule has 1 aliphatic rings. The summed E-state index contributed by atoms with van der Waals surface area (Å²) in [7, 11) is 0. The van der Waals surface area contributed by atoms with Gasteiger partial charge in [-0.15, -0.1) is 0 Å². The van der Waals surface area contributed by atoms with Crippen LogP contribution < -0.4 is 11.1 Å². The lowest BCUT2D eigenvalue weighted by molar-refractivity contribution is 0.0832. The van der Waals surface area contributed by atoms with Gasteiger partial charge in [0.15, 0.2) is 0 Å². The van der Waals surface area contributed by atoms with E-state index in [0.29, 0.717) is 12.2 Å². The second-order valence-corrected chi connectivity index (χ2v) is 4.46. The number of nitrogens with zero attached hydrogens (tertiary/aromatic N) is 1. The van der Waals surface area contributed by atoms with Crippen LogP contribution in [0.5, 0.6) is 0 Å². The predicted octanol–water partition coefficient (Wildman–Crippen LogP) is 1.00. The molecule has 1 fully saturated rings. The summed E-state index contributed by atoms with van der Waals surface area (Å²) in [6, 6.07) is 5.44. The SMILES string of the molecule is Cc1cccc(C(=O)NC2(CN)CCC2)n1. The minimum atomic E-state index is -0.178. The van der Waals surface area contributed by atoms with Crippen molar-refractivity contribution in [1.29, 1.82) is 0 Å². The fraction of sp³-hybridized carbons (Fsp3) is 0.500. The molecule has 0 bridgehead atoms. The summed E-state index contributed by atoms with van der Waals surface area (Å²) in [5.41, 5.74) is 6.83. The predicted molar refractivity (Wildman–Crippen MR) is 62.1 cm³/mol. The number of aryl methyl sites for hydroxylation is 1. The number of aromatic nitrogens is 1. The molecule has 4 nitrogen and oxygen atoms in total. The number of hydrogen-bond acceptors (Lipinski definition) is 3. The molecular formula is C12H17N3O. The Balaban J connectivity index is 2.08. The van der Waals surface area contributed by atoms with Crippen LogP contribution in [0, 0.1) is 6.92 Å². The van der Waals surface area contributed by atoms with Gasteiger partial charge in [0.25, 0.3) is 5.91 Å². The van der Waals surface area contributed by atoms with Gasteiger partial charge in [-0.2, -0.15) is 0 Å². The molecule has 16 heavy (non-hydrogen) atoms. The number of hydrogen-bond donors (Lipinski definition) is 2. The molecule has 2 rings (SSSR count). The topological polar surface area (TPSA) is 68.0 Å². The molecule has 1 amide bonds.